The van der Waals surface area contributed by atoms with Crippen molar-refractivity contribution in [2.45, 2.75) is 12.7 Å². The number of aromatic nitrogens is 1. The molecule has 2 aromatic rings. The third-order valence-corrected chi connectivity index (χ3v) is 2.60. The second kappa shape index (κ2) is 4.78. The van der Waals surface area contributed by atoms with Crippen molar-refractivity contribution in [2.24, 2.45) is 5.73 Å². The van der Waals surface area contributed by atoms with Gasteiger partial charge in [-0.25, -0.2) is 0 Å². The topological polar surface area (TPSA) is 38.9 Å². The Hall–Kier alpha value is -1.88. The Labute approximate surface area is 102 Å². The molecule has 0 aliphatic heterocycles. The highest BCUT2D eigenvalue weighted by molar-refractivity contribution is 5.67. The van der Waals surface area contributed by atoms with E-state index in [9.17, 15) is 13.2 Å². The van der Waals surface area contributed by atoms with E-state index < -0.39 is 11.7 Å². The molecule has 0 aliphatic rings. The highest BCUT2D eigenvalue weighted by Crippen LogP contribution is 2.37. The van der Waals surface area contributed by atoms with Crippen LogP contribution in [0.2, 0.25) is 0 Å². The molecule has 0 saturated carbocycles. The molecule has 2 rings (SSSR count). The van der Waals surface area contributed by atoms with Crippen LogP contribution in [0.25, 0.3) is 11.1 Å². The van der Waals surface area contributed by atoms with E-state index in [1.54, 1.807) is 18.2 Å². The van der Waals surface area contributed by atoms with Crippen LogP contribution in [-0.2, 0) is 12.7 Å². The Morgan fingerprint density at radius 3 is 2.50 bits per heavy atom. The molecule has 0 saturated heterocycles. The number of pyridine rings is 1. The molecule has 0 radical (unpaired) electrons. The Balaban J connectivity index is 2.61. The van der Waals surface area contributed by atoms with Gasteiger partial charge in [0.05, 0.1) is 5.56 Å². The fraction of sp³-hybridized carbons (Fsp3) is 0.154. The van der Waals surface area contributed by atoms with Crippen molar-refractivity contribution in [1.29, 1.82) is 0 Å². The van der Waals surface area contributed by atoms with Gasteiger partial charge >= 0.3 is 6.18 Å². The first-order chi connectivity index (χ1) is 8.52. The van der Waals surface area contributed by atoms with Crippen LogP contribution in [0.1, 0.15) is 11.1 Å². The normalized spacial score (nSPS) is 11.6. The van der Waals surface area contributed by atoms with Crippen LogP contribution in [-0.4, -0.2) is 4.98 Å². The van der Waals surface area contributed by atoms with Gasteiger partial charge in [-0.1, -0.05) is 18.2 Å². The van der Waals surface area contributed by atoms with Gasteiger partial charge in [0.15, 0.2) is 0 Å². The van der Waals surface area contributed by atoms with Crippen LogP contribution in [0.15, 0.2) is 42.7 Å². The number of rotatable bonds is 2. The first-order valence-corrected chi connectivity index (χ1v) is 5.33. The molecule has 0 bridgehead atoms. The highest BCUT2D eigenvalue weighted by Gasteiger charge is 2.33. The number of alkyl halides is 3. The quantitative estimate of drug-likeness (QED) is 0.891. The standard InChI is InChI=1S/C13H11F3N2/c14-13(15,16)12-6-9(7-17)3-4-11(12)10-2-1-5-18-8-10/h1-6,8H,7,17H2. The number of hydrogen-bond acceptors (Lipinski definition) is 2. The van der Waals surface area contributed by atoms with Crippen molar-refractivity contribution in [2.75, 3.05) is 0 Å². The number of nitrogens with zero attached hydrogens (tertiary/aromatic N) is 1. The Kier molecular flexibility index (Phi) is 3.34. The van der Waals surface area contributed by atoms with Crippen LogP contribution in [0.5, 0.6) is 0 Å². The fourth-order valence-electron chi connectivity index (χ4n) is 1.73. The molecule has 0 atom stereocenters. The van der Waals surface area contributed by atoms with Crippen LogP contribution >= 0.6 is 0 Å². The highest BCUT2D eigenvalue weighted by atomic mass is 19.4. The van der Waals surface area contributed by atoms with Gasteiger partial charge in [0.2, 0.25) is 0 Å². The molecule has 1 aromatic carbocycles. The van der Waals surface area contributed by atoms with Gasteiger partial charge in [-0.2, -0.15) is 13.2 Å². The minimum Gasteiger partial charge on any atom is -0.326 e. The molecule has 18 heavy (non-hydrogen) atoms. The molecular weight excluding hydrogens is 241 g/mol. The third-order valence-electron chi connectivity index (χ3n) is 2.60. The first kappa shape index (κ1) is 12.6. The van der Waals surface area contributed by atoms with Crippen molar-refractivity contribution in [3.8, 4) is 11.1 Å². The van der Waals surface area contributed by atoms with Gasteiger partial charge in [-0.3, -0.25) is 4.98 Å². The zero-order valence-corrected chi connectivity index (χ0v) is 9.41. The Bertz CT molecular complexity index is 536. The average molecular weight is 252 g/mol. The molecule has 2 nitrogen and oxygen atoms in total. The smallest absolute Gasteiger partial charge is 0.326 e. The monoisotopic (exact) mass is 252 g/mol. The minimum atomic E-state index is -4.41. The summed E-state index contributed by atoms with van der Waals surface area (Å²) in [5.41, 5.74) is 5.70. The van der Waals surface area contributed by atoms with Crippen LogP contribution in [0.4, 0.5) is 13.2 Å². The summed E-state index contributed by atoms with van der Waals surface area (Å²) in [6.45, 7) is 0.0798. The summed E-state index contributed by atoms with van der Waals surface area (Å²) in [5.74, 6) is 0. The number of nitrogens with two attached hydrogens (primary N) is 1. The summed E-state index contributed by atoms with van der Waals surface area (Å²) in [7, 11) is 0. The summed E-state index contributed by atoms with van der Waals surface area (Å²) >= 11 is 0. The maximum atomic E-state index is 13.0. The van der Waals surface area contributed by atoms with Crippen molar-refractivity contribution < 1.29 is 13.2 Å². The molecule has 0 spiro atoms. The lowest BCUT2D eigenvalue weighted by Crippen LogP contribution is -2.09. The lowest BCUT2D eigenvalue weighted by molar-refractivity contribution is -0.137. The molecule has 1 aromatic heterocycles. The molecule has 0 amide bonds. The Morgan fingerprint density at radius 2 is 1.94 bits per heavy atom. The fourth-order valence-corrected chi connectivity index (χ4v) is 1.73. The molecule has 0 unspecified atom stereocenters. The average Bonchev–Trinajstić information content (AvgIpc) is 2.38. The first-order valence-electron chi connectivity index (χ1n) is 5.33. The van der Waals surface area contributed by atoms with E-state index in [1.807, 2.05) is 0 Å². The summed E-state index contributed by atoms with van der Waals surface area (Å²) in [6, 6.07) is 7.31. The largest absolute Gasteiger partial charge is 0.417 e. The maximum Gasteiger partial charge on any atom is 0.417 e. The van der Waals surface area contributed by atoms with Crippen molar-refractivity contribution in [1.82, 2.24) is 4.98 Å². The predicted molar refractivity (Wildman–Crippen MR) is 62.6 cm³/mol. The van der Waals surface area contributed by atoms with Crippen molar-refractivity contribution in [3.05, 3.63) is 53.9 Å². The van der Waals surface area contributed by atoms with Crippen molar-refractivity contribution in [3.63, 3.8) is 0 Å². The molecule has 94 valence electrons. The van der Waals surface area contributed by atoms with Crippen LogP contribution in [0, 0.1) is 0 Å². The SMILES string of the molecule is NCc1ccc(-c2cccnc2)c(C(F)(F)F)c1. The van der Waals surface area contributed by atoms with E-state index in [4.69, 9.17) is 5.73 Å². The molecule has 1 heterocycles. The number of hydrogen-bond donors (Lipinski definition) is 1. The number of halogens is 3. The van der Waals surface area contributed by atoms with Gasteiger partial charge in [0, 0.05) is 24.5 Å². The second-order valence-corrected chi connectivity index (χ2v) is 3.82. The molecular formula is C13H11F3N2. The maximum absolute atomic E-state index is 13.0. The summed E-state index contributed by atoms with van der Waals surface area (Å²) < 4.78 is 39.0. The lowest BCUT2D eigenvalue weighted by Gasteiger charge is -2.14. The van der Waals surface area contributed by atoms with E-state index in [2.05, 4.69) is 4.98 Å². The minimum absolute atomic E-state index is 0.0798. The van der Waals surface area contributed by atoms with Gasteiger partial charge < -0.3 is 5.73 Å². The molecule has 0 aliphatic carbocycles. The number of benzene rings is 1. The lowest BCUT2D eigenvalue weighted by atomic mass is 9.98. The van der Waals surface area contributed by atoms with Crippen LogP contribution in [0.3, 0.4) is 0 Å². The molecule has 5 heteroatoms. The predicted octanol–water partition coefficient (Wildman–Crippen LogP) is 3.23. The van der Waals surface area contributed by atoms with E-state index in [-0.39, 0.29) is 12.1 Å². The van der Waals surface area contributed by atoms with E-state index in [0.29, 0.717) is 11.1 Å². The second-order valence-electron chi connectivity index (χ2n) is 3.82. The molecule has 2 N–H and O–H groups in total. The zero-order chi connectivity index (χ0) is 13.2. The van der Waals surface area contributed by atoms with E-state index in [0.717, 1.165) is 6.07 Å². The van der Waals surface area contributed by atoms with E-state index in [1.165, 1.54) is 18.5 Å². The third kappa shape index (κ3) is 2.51. The van der Waals surface area contributed by atoms with Crippen molar-refractivity contribution >= 4 is 0 Å². The van der Waals surface area contributed by atoms with Gasteiger partial charge in [-0.15, -0.1) is 0 Å². The van der Waals surface area contributed by atoms with Gasteiger partial charge in [-0.05, 0) is 23.3 Å². The Morgan fingerprint density at radius 1 is 1.17 bits per heavy atom. The summed E-state index contributed by atoms with van der Waals surface area (Å²) in [4.78, 5) is 3.83. The molecule has 0 fully saturated rings. The van der Waals surface area contributed by atoms with E-state index >= 15 is 0 Å². The summed E-state index contributed by atoms with van der Waals surface area (Å²) in [5, 5.41) is 0. The summed E-state index contributed by atoms with van der Waals surface area (Å²) in [6.07, 6.45) is -1.48. The van der Waals surface area contributed by atoms with Gasteiger partial charge in [0.25, 0.3) is 0 Å². The van der Waals surface area contributed by atoms with Gasteiger partial charge in [0.1, 0.15) is 0 Å². The van der Waals surface area contributed by atoms with Crippen LogP contribution < -0.4 is 5.73 Å². The zero-order valence-electron chi connectivity index (χ0n) is 9.41.